The number of alkyl halides is 2. The summed E-state index contributed by atoms with van der Waals surface area (Å²) in [6.07, 6.45) is -2.88. The smallest absolute Gasteiger partial charge is 0.280 e. The molecule has 0 amide bonds. The van der Waals surface area contributed by atoms with Crippen LogP contribution in [-0.2, 0) is 10.0 Å². The van der Waals surface area contributed by atoms with Crippen molar-refractivity contribution in [3.05, 3.63) is 39.6 Å². The lowest BCUT2D eigenvalue weighted by Crippen LogP contribution is -2.15. The molecule has 9 heteroatoms. The first kappa shape index (κ1) is 15.9. The Morgan fingerprint density at radius 2 is 2.00 bits per heavy atom. The Labute approximate surface area is 128 Å². The molecule has 0 bridgehead atoms. The van der Waals surface area contributed by atoms with Crippen LogP contribution in [0.1, 0.15) is 23.4 Å². The molecule has 0 aliphatic carbocycles. The van der Waals surface area contributed by atoms with E-state index in [1.807, 2.05) is 6.92 Å². The molecule has 5 nitrogen and oxygen atoms in total. The van der Waals surface area contributed by atoms with E-state index in [1.54, 1.807) is 12.1 Å². The summed E-state index contributed by atoms with van der Waals surface area (Å²) in [5.74, 6) is 0. The number of benzene rings is 1. The van der Waals surface area contributed by atoms with Gasteiger partial charge in [0.25, 0.3) is 16.4 Å². The van der Waals surface area contributed by atoms with E-state index in [2.05, 4.69) is 30.8 Å². The minimum atomic E-state index is -4.00. The summed E-state index contributed by atoms with van der Waals surface area (Å²) in [7, 11) is -4.00. The standard InChI is InChI=1S/C12H12BrF2N3O2S/c1-6-3-4-9(8(13)5-6)21(19,20)18-10-7(2)16-17-11(10)12(14)15/h3-5,12,18H,1-2H3,(H,16,17). The van der Waals surface area contributed by atoms with Gasteiger partial charge in [-0.1, -0.05) is 6.07 Å². The second-order valence-electron chi connectivity index (χ2n) is 4.45. The number of aromatic amines is 1. The molecule has 0 spiro atoms. The van der Waals surface area contributed by atoms with Gasteiger partial charge >= 0.3 is 0 Å². The van der Waals surface area contributed by atoms with E-state index in [4.69, 9.17) is 0 Å². The predicted molar refractivity (Wildman–Crippen MR) is 78.0 cm³/mol. The summed E-state index contributed by atoms with van der Waals surface area (Å²) in [5, 5.41) is 5.76. The summed E-state index contributed by atoms with van der Waals surface area (Å²) in [6, 6.07) is 4.65. The molecule has 0 saturated heterocycles. The lowest BCUT2D eigenvalue weighted by molar-refractivity contribution is 0.147. The molecule has 0 aliphatic heterocycles. The van der Waals surface area contributed by atoms with Crippen LogP contribution in [0.2, 0.25) is 0 Å². The Balaban J connectivity index is 2.45. The average molecular weight is 380 g/mol. The molecule has 0 aliphatic rings. The maximum Gasteiger partial charge on any atom is 0.284 e. The Bertz CT molecular complexity index is 775. The Morgan fingerprint density at radius 1 is 1.33 bits per heavy atom. The topological polar surface area (TPSA) is 74.8 Å². The molecule has 0 fully saturated rings. The summed E-state index contributed by atoms with van der Waals surface area (Å²) in [5.41, 5.74) is 0.238. The van der Waals surface area contributed by atoms with Crippen LogP contribution in [0.5, 0.6) is 0 Å². The molecular weight excluding hydrogens is 368 g/mol. The number of nitrogens with zero attached hydrogens (tertiary/aromatic N) is 1. The number of halogens is 3. The molecule has 0 atom stereocenters. The highest BCUT2D eigenvalue weighted by atomic mass is 79.9. The number of hydrogen-bond acceptors (Lipinski definition) is 3. The number of H-pyrrole nitrogens is 1. The predicted octanol–water partition coefficient (Wildman–Crippen LogP) is 3.53. The second kappa shape index (κ2) is 5.72. The number of aromatic nitrogens is 2. The van der Waals surface area contributed by atoms with Crippen LogP contribution in [0.25, 0.3) is 0 Å². The molecule has 2 rings (SSSR count). The Kier molecular flexibility index (Phi) is 4.33. The van der Waals surface area contributed by atoms with Crippen molar-refractivity contribution in [3.8, 4) is 0 Å². The molecule has 114 valence electrons. The van der Waals surface area contributed by atoms with E-state index in [0.29, 0.717) is 4.47 Å². The van der Waals surface area contributed by atoms with Crippen molar-refractivity contribution in [2.24, 2.45) is 0 Å². The maximum atomic E-state index is 12.8. The normalized spacial score (nSPS) is 11.9. The third-order valence-electron chi connectivity index (χ3n) is 2.80. The van der Waals surface area contributed by atoms with E-state index < -0.39 is 22.1 Å². The van der Waals surface area contributed by atoms with E-state index in [1.165, 1.54) is 13.0 Å². The fourth-order valence-corrected chi connectivity index (χ4v) is 4.08. The van der Waals surface area contributed by atoms with Gasteiger partial charge in [0, 0.05) is 4.47 Å². The van der Waals surface area contributed by atoms with Gasteiger partial charge in [0.05, 0.1) is 11.4 Å². The number of rotatable bonds is 4. The van der Waals surface area contributed by atoms with Gasteiger partial charge in [0.1, 0.15) is 4.90 Å². The van der Waals surface area contributed by atoms with E-state index in [0.717, 1.165) is 5.56 Å². The molecule has 21 heavy (non-hydrogen) atoms. The lowest BCUT2D eigenvalue weighted by Gasteiger charge is -2.11. The summed E-state index contributed by atoms with van der Waals surface area (Å²) >= 11 is 3.16. The number of aryl methyl sites for hydroxylation is 2. The summed E-state index contributed by atoms with van der Waals surface area (Å²) < 4.78 is 52.8. The van der Waals surface area contributed by atoms with Gasteiger partial charge in [0.2, 0.25) is 0 Å². The van der Waals surface area contributed by atoms with Gasteiger partial charge in [-0.2, -0.15) is 5.10 Å². The first-order chi connectivity index (χ1) is 9.72. The van der Waals surface area contributed by atoms with Crippen LogP contribution in [0.3, 0.4) is 0 Å². The monoisotopic (exact) mass is 379 g/mol. The van der Waals surface area contributed by atoms with Gasteiger partial charge in [0.15, 0.2) is 5.69 Å². The third-order valence-corrected chi connectivity index (χ3v) is 5.12. The van der Waals surface area contributed by atoms with Gasteiger partial charge in [-0.15, -0.1) is 0 Å². The molecule has 1 heterocycles. The summed E-state index contributed by atoms with van der Waals surface area (Å²) in [4.78, 5) is -0.0334. The maximum absolute atomic E-state index is 12.8. The quantitative estimate of drug-likeness (QED) is 0.852. The minimum absolute atomic E-state index is 0.0334. The highest BCUT2D eigenvalue weighted by Gasteiger charge is 2.25. The Morgan fingerprint density at radius 3 is 2.57 bits per heavy atom. The van der Waals surface area contributed by atoms with Crippen molar-refractivity contribution < 1.29 is 17.2 Å². The van der Waals surface area contributed by atoms with Crippen molar-refractivity contribution in [2.75, 3.05) is 4.72 Å². The van der Waals surface area contributed by atoms with Crippen LogP contribution in [0, 0.1) is 13.8 Å². The molecule has 1 aromatic heterocycles. The van der Waals surface area contributed by atoms with Gasteiger partial charge in [-0.3, -0.25) is 9.82 Å². The Hall–Kier alpha value is -1.48. The highest BCUT2D eigenvalue weighted by molar-refractivity contribution is 9.10. The van der Waals surface area contributed by atoms with E-state index in [9.17, 15) is 17.2 Å². The highest BCUT2D eigenvalue weighted by Crippen LogP contribution is 2.31. The van der Waals surface area contributed by atoms with Gasteiger partial charge in [-0.25, -0.2) is 17.2 Å². The zero-order valence-electron chi connectivity index (χ0n) is 11.1. The van der Waals surface area contributed by atoms with Crippen molar-refractivity contribution in [1.82, 2.24) is 10.2 Å². The van der Waals surface area contributed by atoms with Crippen LogP contribution >= 0.6 is 15.9 Å². The first-order valence-electron chi connectivity index (χ1n) is 5.84. The molecule has 2 aromatic rings. The molecular formula is C12H12BrF2N3O2S. The molecule has 2 N–H and O–H groups in total. The van der Waals surface area contributed by atoms with E-state index in [-0.39, 0.29) is 16.3 Å². The number of hydrogen-bond donors (Lipinski definition) is 2. The zero-order valence-corrected chi connectivity index (χ0v) is 13.5. The second-order valence-corrected chi connectivity index (χ2v) is 6.95. The SMILES string of the molecule is Cc1ccc(S(=O)(=O)Nc2c(C(F)F)n[nH]c2C)c(Br)c1. The largest absolute Gasteiger partial charge is 0.284 e. The van der Waals surface area contributed by atoms with Crippen molar-refractivity contribution in [3.63, 3.8) is 0 Å². The third kappa shape index (κ3) is 3.24. The van der Waals surface area contributed by atoms with Crippen molar-refractivity contribution in [1.29, 1.82) is 0 Å². The number of sulfonamides is 1. The fourth-order valence-electron chi connectivity index (χ4n) is 1.75. The molecule has 0 saturated carbocycles. The lowest BCUT2D eigenvalue weighted by atomic mass is 10.2. The zero-order chi connectivity index (χ0) is 15.8. The molecule has 0 radical (unpaired) electrons. The van der Waals surface area contributed by atoms with Crippen LogP contribution in [-0.4, -0.2) is 18.6 Å². The average Bonchev–Trinajstić information content (AvgIpc) is 2.70. The minimum Gasteiger partial charge on any atom is -0.280 e. The van der Waals surface area contributed by atoms with Crippen molar-refractivity contribution >= 4 is 31.6 Å². The molecule has 0 unspecified atom stereocenters. The molecule has 1 aromatic carbocycles. The van der Waals surface area contributed by atoms with Gasteiger partial charge < -0.3 is 0 Å². The number of anilines is 1. The summed E-state index contributed by atoms with van der Waals surface area (Å²) in [6.45, 7) is 3.27. The van der Waals surface area contributed by atoms with Crippen LogP contribution in [0.4, 0.5) is 14.5 Å². The first-order valence-corrected chi connectivity index (χ1v) is 8.12. The van der Waals surface area contributed by atoms with Gasteiger partial charge in [-0.05, 0) is 47.5 Å². The van der Waals surface area contributed by atoms with Crippen molar-refractivity contribution in [2.45, 2.75) is 25.2 Å². The van der Waals surface area contributed by atoms with Crippen LogP contribution in [0.15, 0.2) is 27.6 Å². The van der Waals surface area contributed by atoms with E-state index >= 15 is 0 Å². The fraction of sp³-hybridized carbons (Fsp3) is 0.250. The van der Waals surface area contributed by atoms with Crippen LogP contribution < -0.4 is 4.72 Å². The number of nitrogens with one attached hydrogen (secondary N) is 2.